The van der Waals surface area contributed by atoms with Crippen LogP contribution in [0.4, 0.5) is 10.1 Å². The van der Waals surface area contributed by atoms with Crippen LogP contribution in [0.1, 0.15) is 32.4 Å². The molecule has 2 unspecified atom stereocenters. The predicted molar refractivity (Wildman–Crippen MR) is 105 cm³/mol. The van der Waals surface area contributed by atoms with Gasteiger partial charge in [-0.15, -0.1) is 11.3 Å². The topological polar surface area (TPSA) is 20.3 Å². The first-order valence-electron chi connectivity index (χ1n) is 8.78. The lowest BCUT2D eigenvalue weighted by Gasteiger charge is -2.40. The summed E-state index contributed by atoms with van der Waals surface area (Å²) in [7, 11) is 0. The van der Waals surface area contributed by atoms with E-state index in [-0.39, 0.29) is 0 Å². The number of benzene rings is 2. The number of thiophene rings is 1. The van der Waals surface area contributed by atoms with E-state index in [0.717, 1.165) is 28.8 Å². The standard InChI is InChI=1S/C22H20FNOS/c1-15-8-10-17(11-9-15)24-13-12-16-5-2-3-6-18(16)21(24)20(23)22(25)19-7-4-14-26-19/h2-11,14,20-21H,12-13H2,1H3. The highest BCUT2D eigenvalue weighted by Gasteiger charge is 2.38. The van der Waals surface area contributed by atoms with Gasteiger partial charge in [0.05, 0.1) is 10.9 Å². The number of Topliss-reactive ketones (excluding diaryl/α,β-unsaturated/α-hetero) is 1. The van der Waals surface area contributed by atoms with Crippen molar-refractivity contribution in [2.75, 3.05) is 11.4 Å². The highest BCUT2D eigenvalue weighted by atomic mass is 32.1. The van der Waals surface area contributed by atoms with Gasteiger partial charge in [0.1, 0.15) is 0 Å². The predicted octanol–water partition coefficient (Wildman–Crippen LogP) is 5.38. The number of carbonyl (C=O) groups is 1. The quantitative estimate of drug-likeness (QED) is 0.579. The van der Waals surface area contributed by atoms with Gasteiger partial charge in [0.15, 0.2) is 6.17 Å². The molecule has 0 spiro atoms. The summed E-state index contributed by atoms with van der Waals surface area (Å²) in [5, 5.41) is 1.81. The number of ketones is 1. The zero-order valence-corrected chi connectivity index (χ0v) is 15.4. The second kappa shape index (κ2) is 7.04. The number of rotatable bonds is 4. The van der Waals surface area contributed by atoms with Crippen LogP contribution in [-0.4, -0.2) is 18.5 Å². The van der Waals surface area contributed by atoms with Crippen molar-refractivity contribution in [2.45, 2.75) is 25.6 Å². The maximum Gasteiger partial charge on any atom is 0.209 e. The molecule has 1 aliphatic heterocycles. The van der Waals surface area contributed by atoms with Crippen LogP contribution in [-0.2, 0) is 6.42 Å². The second-order valence-corrected chi connectivity index (χ2v) is 7.61. The molecule has 0 saturated carbocycles. The first-order valence-corrected chi connectivity index (χ1v) is 9.66. The normalized spacial score (nSPS) is 17.6. The lowest BCUT2D eigenvalue weighted by molar-refractivity contribution is 0.0848. The van der Waals surface area contributed by atoms with Crippen LogP contribution in [0.15, 0.2) is 66.0 Å². The molecule has 132 valence electrons. The largest absolute Gasteiger partial charge is 0.361 e. The van der Waals surface area contributed by atoms with Crippen LogP contribution in [0.5, 0.6) is 0 Å². The molecule has 0 bridgehead atoms. The Labute approximate surface area is 156 Å². The number of hydrogen-bond acceptors (Lipinski definition) is 3. The molecule has 26 heavy (non-hydrogen) atoms. The van der Waals surface area contributed by atoms with Crippen LogP contribution in [0.25, 0.3) is 0 Å². The van der Waals surface area contributed by atoms with E-state index in [2.05, 4.69) is 0 Å². The minimum absolute atomic E-state index is 0.432. The number of anilines is 1. The average Bonchev–Trinajstić information content (AvgIpc) is 3.21. The number of fused-ring (bicyclic) bond motifs is 1. The number of alkyl halides is 1. The minimum atomic E-state index is -1.60. The molecule has 2 aromatic carbocycles. The first-order chi connectivity index (χ1) is 12.6. The number of aryl methyl sites for hydroxylation is 1. The Morgan fingerprint density at radius 1 is 1.12 bits per heavy atom. The van der Waals surface area contributed by atoms with Gasteiger partial charge in [-0.05, 0) is 48.1 Å². The fourth-order valence-corrected chi connectivity index (χ4v) is 4.33. The third-order valence-corrected chi connectivity index (χ3v) is 5.87. The van der Waals surface area contributed by atoms with E-state index in [1.807, 2.05) is 65.7 Å². The second-order valence-electron chi connectivity index (χ2n) is 6.67. The van der Waals surface area contributed by atoms with Gasteiger partial charge in [-0.2, -0.15) is 0 Å². The molecular formula is C22H20FNOS. The Morgan fingerprint density at radius 2 is 1.88 bits per heavy atom. The van der Waals surface area contributed by atoms with Crippen molar-refractivity contribution < 1.29 is 9.18 Å². The molecular weight excluding hydrogens is 345 g/mol. The van der Waals surface area contributed by atoms with E-state index >= 15 is 4.39 Å². The molecule has 0 fully saturated rings. The van der Waals surface area contributed by atoms with Crippen molar-refractivity contribution in [3.05, 3.63) is 87.6 Å². The minimum Gasteiger partial charge on any atom is -0.361 e. The summed E-state index contributed by atoms with van der Waals surface area (Å²) in [5.41, 5.74) is 4.16. The number of hydrogen-bond donors (Lipinski definition) is 0. The summed E-state index contributed by atoms with van der Waals surface area (Å²) in [6.07, 6.45) is -0.753. The van der Waals surface area contributed by atoms with Crippen LogP contribution in [0.3, 0.4) is 0 Å². The van der Waals surface area contributed by atoms with Gasteiger partial charge in [-0.25, -0.2) is 4.39 Å². The maximum atomic E-state index is 15.6. The smallest absolute Gasteiger partial charge is 0.209 e. The zero-order valence-electron chi connectivity index (χ0n) is 14.6. The fraction of sp³-hybridized carbons (Fsp3) is 0.227. The molecule has 4 heteroatoms. The highest BCUT2D eigenvalue weighted by molar-refractivity contribution is 7.12. The van der Waals surface area contributed by atoms with Gasteiger partial charge in [0.2, 0.25) is 5.78 Å². The fourth-order valence-electron chi connectivity index (χ4n) is 3.64. The van der Waals surface area contributed by atoms with E-state index < -0.39 is 18.0 Å². The first kappa shape index (κ1) is 17.0. The van der Waals surface area contributed by atoms with Crippen LogP contribution in [0.2, 0.25) is 0 Å². The summed E-state index contributed by atoms with van der Waals surface area (Å²) in [6.45, 7) is 2.73. The van der Waals surface area contributed by atoms with Gasteiger partial charge in [-0.1, -0.05) is 48.0 Å². The lowest BCUT2D eigenvalue weighted by Crippen LogP contribution is -2.43. The number of carbonyl (C=O) groups excluding carboxylic acids is 1. The van der Waals surface area contributed by atoms with Gasteiger partial charge < -0.3 is 4.90 Å². The lowest BCUT2D eigenvalue weighted by atomic mass is 9.88. The molecule has 1 aliphatic rings. The Kier molecular flexibility index (Phi) is 4.60. The van der Waals surface area contributed by atoms with E-state index in [0.29, 0.717) is 11.4 Å². The molecule has 1 aromatic heterocycles. The van der Waals surface area contributed by atoms with Crippen molar-refractivity contribution >= 4 is 22.8 Å². The summed E-state index contributed by atoms with van der Waals surface area (Å²) in [4.78, 5) is 15.3. The van der Waals surface area contributed by atoms with E-state index in [4.69, 9.17) is 0 Å². The van der Waals surface area contributed by atoms with Gasteiger partial charge >= 0.3 is 0 Å². The van der Waals surface area contributed by atoms with Gasteiger partial charge in [0, 0.05) is 12.2 Å². The maximum absolute atomic E-state index is 15.6. The Hall–Kier alpha value is -2.46. The van der Waals surface area contributed by atoms with Gasteiger partial charge in [0.25, 0.3) is 0 Å². The zero-order chi connectivity index (χ0) is 18.1. The van der Waals surface area contributed by atoms with Gasteiger partial charge in [-0.3, -0.25) is 4.79 Å². The summed E-state index contributed by atoms with van der Waals surface area (Å²) >= 11 is 1.30. The van der Waals surface area contributed by atoms with Crippen LogP contribution >= 0.6 is 11.3 Å². The molecule has 0 N–H and O–H groups in total. The molecule has 0 radical (unpaired) electrons. The number of halogens is 1. The van der Waals surface area contributed by atoms with Crippen LogP contribution in [0, 0.1) is 6.92 Å². The Morgan fingerprint density at radius 3 is 2.62 bits per heavy atom. The van der Waals surface area contributed by atoms with Crippen molar-refractivity contribution in [1.29, 1.82) is 0 Å². The Bertz CT molecular complexity index is 904. The van der Waals surface area contributed by atoms with E-state index in [9.17, 15) is 4.79 Å². The number of nitrogens with zero attached hydrogens (tertiary/aromatic N) is 1. The van der Waals surface area contributed by atoms with Crippen molar-refractivity contribution in [3.8, 4) is 0 Å². The van der Waals surface area contributed by atoms with E-state index in [1.165, 1.54) is 11.3 Å². The highest BCUT2D eigenvalue weighted by Crippen LogP contribution is 2.38. The molecule has 2 heterocycles. The monoisotopic (exact) mass is 365 g/mol. The molecule has 0 saturated heterocycles. The molecule has 4 rings (SSSR count). The van der Waals surface area contributed by atoms with Crippen molar-refractivity contribution in [3.63, 3.8) is 0 Å². The van der Waals surface area contributed by atoms with Crippen molar-refractivity contribution in [1.82, 2.24) is 0 Å². The molecule has 0 amide bonds. The molecule has 0 aliphatic carbocycles. The Balaban J connectivity index is 1.76. The third kappa shape index (κ3) is 3.06. The van der Waals surface area contributed by atoms with E-state index in [1.54, 1.807) is 12.1 Å². The molecule has 2 nitrogen and oxygen atoms in total. The van der Waals surface area contributed by atoms with Crippen LogP contribution < -0.4 is 4.90 Å². The summed E-state index contributed by atoms with van der Waals surface area (Å²) in [5.74, 6) is -0.432. The van der Waals surface area contributed by atoms with Crippen molar-refractivity contribution in [2.24, 2.45) is 0 Å². The molecule has 3 aromatic rings. The SMILES string of the molecule is Cc1ccc(N2CCc3ccccc3C2C(F)C(=O)c2cccs2)cc1. The third-order valence-electron chi connectivity index (χ3n) is 4.99. The average molecular weight is 365 g/mol. The summed E-state index contributed by atoms with van der Waals surface area (Å²) < 4.78 is 15.6. The molecule has 2 atom stereocenters. The summed E-state index contributed by atoms with van der Waals surface area (Å²) in [6, 6.07) is 18.9.